The second-order valence-electron chi connectivity index (χ2n) is 6.28. The molecule has 1 aliphatic heterocycles. The van der Waals surface area contributed by atoms with Crippen LogP contribution in [0.4, 0.5) is 5.82 Å². The molecule has 0 N–H and O–H groups in total. The van der Waals surface area contributed by atoms with Gasteiger partial charge in [-0.1, -0.05) is 17.7 Å². The molecule has 0 spiro atoms. The van der Waals surface area contributed by atoms with Crippen molar-refractivity contribution < 1.29 is 8.42 Å². The Balaban J connectivity index is 1.53. The maximum atomic E-state index is 12.9. The van der Waals surface area contributed by atoms with Gasteiger partial charge in [0.1, 0.15) is 0 Å². The average Bonchev–Trinajstić information content (AvgIpc) is 2.96. The van der Waals surface area contributed by atoms with Crippen molar-refractivity contribution in [3.8, 4) is 0 Å². The van der Waals surface area contributed by atoms with Crippen LogP contribution in [0, 0.1) is 6.92 Å². The van der Waals surface area contributed by atoms with E-state index in [2.05, 4.69) is 25.5 Å². The first-order valence-corrected chi connectivity index (χ1v) is 9.85. The summed E-state index contributed by atoms with van der Waals surface area (Å²) in [5.41, 5.74) is 1.61. The molecule has 136 valence electrons. The van der Waals surface area contributed by atoms with Crippen LogP contribution in [0.25, 0.3) is 5.65 Å². The third-order valence-corrected chi connectivity index (χ3v) is 6.41. The Morgan fingerprint density at radius 1 is 0.962 bits per heavy atom. The van der Waals surface area contributed by atoms with Crippen LogP contribution in [0.5, 0.6) is 0 Å². The second-order valence-corrected chi connectivity index (χ2v) is 8.21. The molecule has 0 radical (unpaired) electrons. The largest absolute Gasteiger partial charge is 0.354 e. The molecule has 1 aromatic carbocycles. The molecule has 10 heteroatoms. The van der Waals surface area contributed by atoms with Gasteiger partial charge < -0.3 is 4.90 Å². The molecule has 26 heavy (non-hydrogen) atoms. The number of benzene rings is 1. The topological polar surface area (TPSA) is 96.6 Å². The van der Waals surface area contributed by atoms with E-state index in [1.165, 1.54) is 4.63 Å². The third kappa shape index (κ3) is 3.13. The molecule has 1 aliphatic rings. The lowest BCUT2D eigenvalue weighted by Gasteiger charge is -2.22. The van der Waals surface area contributed by atoms with Crippen LogP contribution in [0.2, 0.25) is 0 Å². The summed E-state index contributed by atoms with van der Waals surface area (Å²) in [6.45, 7) is 4.12. The van der Waals surface area contributed by atoms with E-state index in [4.69, 9.17) is 0 Å². The van der Waals surface area contributed by atoms with Gasteiger partial charge in [0.05, 0.1) is 4.90 Å². The van der Waals surface area contributed by atoms with Crippen LogP contribution >= 0.6 is 0 Å². The zero-order chi connectivity index (χ0) is 18.1. The van der Waals surface area contributed by atoms with Crippen LogP contribution in [0.15, 0.2) is 41.3 Å². The summed E-state index contributed by atoms with van der Waals surface area (Å²) in [6, 6.07) is 10.6. The van der Waals surface area contributed by atoms with Crippen molar-refractivity contribution in [3.05, 3.63) is 42.0 Å². The molecule has 2 aromatic heterocycles. The predicted octanol–water partition coefficient (Wildman–Crippen LogP) is 0.729. The highest BCUT2D eigenvalue weighted by Crippen LogP contribution is 2.20. The number of hydrogen-bond donors (Lipinski definition) is 0. The fraction of sp³-hybridized carbons (Fsp3) is 0.375. The Labute approximate surface area is 151 Å². The summed E-state index contributed by atoms with van der Waals surface area (Å²) >= 11 is 0. The number of aromatic nitrogens is 5. The first kappa shape index (κ1) is 16.9. The molecule has 0 bridgehead atoms. The summed E-state index contributed by atoms with van der Waals surface area (Å²) in [4.78, 5) is 2.40. The van der Waals surface area contributed by atoms with Crippen LogP contribution in [-0.4, -0.2) is 64.2 Å². The van der Waals surface area contributed by atoms with Gasteiger partial charge in [0, 0.05) is 26.2 Å². The van der Waals surface area contributed by atoms with Crippen LogP contribution in [-0.2, 0) is 10.0 Å². The first-order chi connectivity index (χ1) is 12.5. The zero-order valence-corrected chi connectivity index (χ0v) is 15.2. The number of tetrazole rings is 1. The van der Waals surface area contributed by atoms with Gasteiger partial charge in [-0.05, 0) is 48.0 Å². The van der Waals surface area contributed by atoms with Gasteiger partial charge in [0.2, 0.25) is 10.0 Å². The number of fused-ring (bicyclic) bond motifs is 1. The van der Waals surface area contributed by atoms with Crippen LogP contribution < -0.4 is 4.90 Å². The lowest BCUT2D eigenvalue weighted by molar-refractivity contribution is 0.433. The van der Waals surface area contributed by atoms with E-state index in [0.29, 0.717) is 30.2 Å². The standard InChI is InChI=1S/C16H19N7O2S/c1-13-3-5-14(6-4-13)26(24,25)22-10-2-9-21(11-12-22)16-8-7-15-17-19-20-23(15)18-16/h3-8H,2,9-12H2,1H3. The van der Waals surface area contributed by atoms with Crippen molar-refractivity contribution >= 4 is 21.5 Å². The molecule has 0 amide bonds. The summed E-state index contributed by atoms with van der Waals surface area (Å²) in [5.74, 6) is 0.736. The Bertz CT molecular complexity index is 1020. The molecule has 3 heterocycles. The fourth-order valence-corrected chi connectivity index (χ4v) is 4.50. The number of sulfonamides is 1. The molecular weight excluding hydrogens is 354 g/mol. The third-order valence-electron chi connectivity index (χ3n) is 4.49. The Morgan fingerprint density at radius 3 is 2.58 bits per heavy atom. The molecule has 1 saturated heterocycles. The Hall–Kier alpha value is -2.59. The van der Waals surface area contributed by atoms with Crippen molar-refractivity contribution in [2.75, 3.05) is 31.1 Å². The minimum atomic E-state index is -3.48. The van der Waals surface area contributed by atoms with Gasteiger partial charge in [0.15, 0.2) is 11.5 Å². The van der Waals surface area contributed by atoms with Crippen molar-refractivity contribution in [1.82, 2.24) is 29.6 Å². The van der Waals surface area contributed by atoms with Crippen LogP contribution in [0.3, 0.4) is 0 Å². The molecule has 0 saturated carbocycles. The predicted molar refractivity (Wildman–Crippen MR) is 95.3 cm³/mol. The summed E-state index contributed by atoms with van der Waals surface area (Å²) in [5, 5.41) is 15.6. The van der Waals surface area contributed by atoms with Gasteiger partial charge in [-0.3, -0.25) is 0 Å². The molecule has 0 aliphatic carbocycles. The summed E-state index contributed by atoms with van der Waals surface area (Å²) in [7, 11) is -3.48. The minimum absolute atomic E-state index is 0.338. The van der Waals surface area contributed by atoms with E-state index in [0.717, 1.165) is 24.3 Å². The van der Waals surface area contributed by atoms with E-state index < -0.39 is 10.0 Å². The van der Waals surface area contributed by atoms with Crippen molar-refractivity contribution in [2.45, 2.75) is 18.2 Å². The lowest BCUT2D eigenvalue weighted by Crippen LogP contribution is -2.35. The van der Waals surface area contributed by atoms with Crippen molar-refractivity contribution in [1.29, 1.82) is 0 Å². The van der Waals surface area contributed by atoms with E-state index in [-0.39, 0.29) is 0 Å². The number of anilines is 1. The van der Waals surface area contributed by atoms with Crippen molar-refractivity contribution in [2.24, 2.45) is 0 Å². The lowest BCUT2D eigenvalue weighted by atomic mass is 10.2. The van der Waals surface area contributed by atoms with Gasteiger partial charge in [-0.25, -0.2) is 8.42 Å². The average molecular weight is 373 g/mol. The number of aryl methyl sites for hydroxylation is 1. The highest BCUT2D eigenvalue weighted by molar-refractivity contribution is 7.89. The molecule has 1 fully saturated rings. The van der Waals surface area contributed by atoms with E-state index in [9.17, 15) is 8.42 Å². The number of nitrogens with zero attached hydrogens (tertiary/aromatic N) is 7. The quantitative estimate of drug-likeness (QED) is 0.668. The zero-order valence-electron chi connectivity index (χ0n) is 14.4. The monoisotopic (exact) mass is 373 g/mol. The fourth-order valence-electron chi connectivity index (χ4n) is 3.03. The maximum Gasteiger partial charge on any atom is 0.243 e. The highest BCUT2D eigenvalue weighted by Gasteiger charge is 2.27. The minimum Gasteiger partial charge on any atom is -0.354 e. The smallest absolute Gasteiger partial charge is 0.243 e. The molecule has 0 atom stereocenters. The first-order valence-electron chi connectivity index (χ1n) is 8.41. The molecule has 4 rings (SSSR count). The highest BCUT2D eigenvalue weighted by atomic mass is 32.2. The maximum absolute atomic E-state index is 12.9. The molecule has 0 unspecified atom stereocenters. The molecule has 9 nitrogen and oxygen atoms in total. The van der Waals surface area contributed by atoms with Gasteiger partial charge in [-0.15, -0.1) is 14.8 Å². The summed E-state index contributed by atoms with van der Waals surface area (Å²) in [6.07, 6.45) is 0.723. The Morgan fingerprint density at radius 2 is 1.77 bits per heavy atom. The molecule has 3 aromatic rings. The normalized spacial score (nSPS) is 16.7. The SMILES string of the molecule is Cc1ccc(S(=O)(=O)N2CCCN(c3ccc4nnnn4n3)CC2)cc1. The van der Waals surface area contributed by atoms with E-state index in [1.807, 2.05) is 25.1 Å². The van der Waals surface area contributed by atoms with E-state index >= 15 is 0 Å². The number of hydrogen-bond acceptors (Lipinski definition) is 7. The van der Waals surface area contributed by atoms with Crippen LogP contribution in [0.1, 0.15) is 12.0 Å². The second kappa shape index (κ2) is 6.61. The van der Waals surface area contributed by atoms with E-state index in [1.54, 1.807) is 22.5 Å². The number of rotatable bonds is 3. The Kier molecular flexibility index (Phi) is 4.29. The van der Waals surface area contributed by atoms with Gasteiger partial charge in [0.25, 0.3) is 0 Å². The summed E-state index contributed by atoms with van der Waals surface area (Å²) < 4.78 is 28.7. The van der Waals surface area contributed by atoms with Gasteiger partial charge >= 0.3 is 0 Å². The molecular formula is C16H19N7O2S. The van der Waals surface area contributed by atoms with Gasteiger partial charge in [-0.2, -0.15) is 4.31 Å². The van der Waals surface area contributed by atoms with Crippen molar-refractivity contribution in [3.63, 3.8) is 0 Å².